The van der Waals surface area contributed by atoms with E-state index in [0.29, 0.717) is 23.0 Å². The van der Waals surface area contributed by atoms with E-state index in [1.807, 2.05) is 0 Å². The summed E-state index contributed by atoms with van der Waals surface area (Å²) in [5, 5.41) is 3.65. The first-order valence-electron chi connectivity index (χ1n) is 7.17. The number of piperidine rings is 1. The molecule has 2 rings (SSSR count). The Morgan fingerprint density at radius 1 is 1.23 bits per heavy atom. The Balaban J connectivity index is 2.12. The molecular formula is C16H18Cl2N2O2. The third kappa shape index (κ3) is 4.24. The van der Waals surface area contributed by atoms with Gasteiger partial charge in [0.1, 0.15) is 6.04 Å². The van der Waals surface area contributed by atoms with Gasteiger partial charge in [-0.2, -0.15) is 0 Å². The van der Waals surface area contributed by atoms with E-state index in [0.717, 1.165) is 18.4 Å². The summed E-state index contributed by atoms with van der Waals surface area (Å²) < 4.78 is 0. The summed E-state index contributed by atoms with van der Waals surface area (Å²) in [6, 6.07) is 4.70. The number of likely N-dealkylation sites (N-methyl/N-ethyl adjacent to an activating group) is 1. The lowest BCUT2D eigenvalue weighted by Crippen LogP contribution is -2.50. The monoisotopic (exact) mass is 340 g/mol. The Hall–Kier alpha value is -1.52. The van der Waals surface area contributed by atoms with Gasteiger partial charge in [0.05, 0.1) is 0 Å². The van der Waals surface area contributed by atoms with Crippen LogP contribution >= 0.6 is 23.2 Å². The Bertz CT molecular complexity index is 582. The largest absolute Gasteiger partial charge is 0.357 e. The van der Waals surface area contributed by atoms with Crippen molar-refractivity contribution < 1.29 is 9.59 Å². The highest BCUT2D eigenvalue weighted by atomic mass is 35.5. The first kappa shape index (κ1) is 16.8. The van der Waals surface area contributed by atoms with Crippen LogP contribution in [-0.2, 0) is 9.59 Å². The normalized spacial score (nSPS) is 18.5. The van der Waals surface area contributed by atoms with Gasteiger partial charge < -0.3 is 10.2 Å². The molecule has 1 atom stereocenters. The lowest BCUT2D eigenvalue weighted by atomic mass is 10.0. The van der Waals surface area contributed by atoms with Gasteiger partial charge in [-0.05, 0) is 49.1 Å². The molecule has 0 saturated carbocycles. The number of rotatable bonds is 3. The van der Waals surface area contributed by atoms with Crippen molar-refractivity contribution in [3.8, 4) is 0 Å². The summed E-state index contributed by atoms with van der Waals surface area (Å²) in [7, 11) is 1.59. The van der Waals surface area contributed by atoms with Crippen LogP contribution in [0.25, 0.3) is 6.08 Å². The van der Waals surface area contributed by atoms with E-state index in [2.05, 4.69) is 5.32 Å². The lowest BCUT2D eigenvalue weighted by Gasteiger charge is -2.33. The van der Waals surface area contributed by atoms with Crippen molar-refractivity contribution in [1.29, 1.82) is 0 Å². The molecule has 0 aliphatic carbocycles. The summed E-state index contributed by atoms with van der Waals surface area (Å²) in [4.78, 5) is 25.9. The Kier molecular flexibility index (Phi) is 5.86. The van der Waals surface area contributed by atoms with Crippen LogP contribution in [0.5, 0.6) is 0 Å². The lowest BCUT2D eigenvalue weighted by molar-refractivity contribution is -0.138. The SMILES string of the molecule is CNC(=O)C1CCCCN1C(=O)C=Cc1cc(Cl)cc(Cl)c1. The second-order valence-corrected chi connectivity index (χ2v) is 6.07. The molecule has 1 saturated heterocycles. The zero-order valence-corrected chi connectivity index (χ0v) is 13.8. The first-order valence-corrected chi connectivity index (χ1v) is 7.93. The first-order chi connectivity index (χ1) is 10.5. The average Bonchev–Trinajstić information content (AvgIpc) is 2.51. The molecule has 118 valence electrons. The number of likely N-dealkylation sites (tertiary alicyclic amines) is 1. The molecule has 1 fully saturated rings. The van der Waals surface area contributed by atoms with Crippen LogP contribution in [0.4, 0.5) is 0 Å². The van der Waals surface area contributed by atoms with Crippen molar-refractivity contribution in [3.05, 3.63) is 39.9 Å². The van der Waals surface area contributed by atoms with E-state index < -0.39 is 0 Å². The third-order valence-electron chi connectivity index (χ3n) is 3.64. The van der Waals surface area contributed by atoms with Gasteiger partial charge in [-0.15, -0.1) is 0 Å². The van der Waals surface area contributed by atoms with Crippen LogP contribution < -0.4 is 5.32 Å². The predicted octanol–water partition coefficient (Wildman–Crippen LogP) is 3.13. The number of benzene rings is 1. The molecule has 1 aliphatic rings. The summed E-state index contributed by atoms with van der Waals surface area (Å²) in [5.74, 6) is -0.295. The number of halogens is 2. The molecule has 0 bridgehead atoms. The Morgan fingerprint density at radius 3 is 2.55 bits per heavy atom. The molecule has 1 aromatic carbocycles. The molecule has 22 heavy (non-hydrogen) atoms. The van der Waals surface area contributed by atoms with E-state index in [1.165, 1.54) is 6.08 Å². The number of carbonyl (C=O) groups is 2. The fraction of sp³-hybridized carbons (Fsp3) is 0.375. The van der Waals surface area contributed by atoms with Gasteiger partial charge in [0, 0.05) is 29.7 Å². The molecule has 1 N–H and O–H groups in total. The molecule has 1 aliphatic heterocycles. The van der Waals surface area contributed by atoms with Crippen LogP contribution in [0.2, 0.25) is 10.0 Å². The van der Waals surface area contributed by atoms with Crippen molar-refractivity contribution >= 4 is 41.1 Å². The number of hydrogen-bond acceptors (Lipinski definition) is 2. The van der Waals surface area contributed by atoms with Crippen LogP contribution in [-0.4, -0.2) is 36.3 Å². The van der Waals surface area contributed by atoms with Gasteiger partial charge in [-0.3, -0.25) is 9.59 Å². The fourth-order valence-corrected chi connectivity index (χ4v) is 3.11. The molecule has 0 radical (unpaired) electrons. The molecule has 4 nitrogen and oxygen atoms in total. The van der Waals surface area contributed by atoms with Crippen molar-refractivity contribution in [2.24, 2.45) is 0 Å². The van der Waals surface area contributed by atoms with E-state index in [1.54, 1.807) is 36.2 Å². The zero-order chi connectivity index (χ0) is 16.1. The van der Waals surface area contributed by atoms with E-state index in [-0.39, 0.29) is 17.9 Å². The minimum Gasteiger partial charge on any atom is -0.357 e. The highest BCUT2D eigenvalue weighted by Crippen LogP contribution is 2.21. The maximum absolute atomic E-state index is 12.4. The molecule has 2 amide bonds. The molecule has 1 heterocycles. The molecule has 6 heteroatoms. The maximum Gasteiger partial charge on any atom is 0.247 e. The average molecular weight is 341 g/mol. The predicted molar refractivity (Wildman–Crippen MR) is 88.9 cm³/mol. The fourth-order valence-electron chi connectivity index (χ4n) is 2.57. The van der Waals surface area contributed by atoms with Crippen LogP contribution in [0.3, 0.4) is 0 Å². The van der Waals surface area contributed by atoms with Gasteiger partial charge in [0.25, 0.3) is 0 Å². The summed E-state index contributed by atoms with van der Waals surface area (Å²) in [5.41, 5.74) is 0.749. The highest BCUT2D eigenvalue weighted by molar-refractivity contribution is 6.34. The smallest absolute Gasteiger partial charge is 0.247 e. The van der Waals surface area contributed by atoms with Gasteiger partial charge in [0.15, 0.2) is 0 Å². The van der Waals surface area contributed by atoms with E-state index in [9.17, 15) is 9.59 Å². The standard InChI is InChI=1S/C16H18Cl2N2O2/c1-19-16(22)14-4-2-3-7-20(14)15(21)6-5-11-8-12(17)10-13(18)9-11/h5-6,8-10,14H,2-4,7H2,1H3,(H,19,22). The van der Waals surface area contributed by atoms with E-state index in [4.69, 9.17) is 23.2 Å². The van der Waals surface area contributed by atoms with Crippen molar-refractivity contribution in [2.45, 2.75) is 25.3 Å². The van der Waals surface area contributed by atoms with E-state index >= 15 is 0 Å². The zero-order valence-electron chi connectivity index (χ0n) is 12.3. The van der Waals surface area contributed by atoms with Crippen molar-refractivity contribution in [2.75, 3.05) is 13.6 Å². The van der Waals surface area contributed by atoms with Crippen LogP contribution in [0.15, 0.2) is 24.3 Å². The number of nitrogens with zero attached hydrogens (tertiary/aromatic N) is 1. The summed E-state index contributed by atoms with van der Waals surface area (Å²) in [6.45, 7) is 0.595. The molecule has 0 aromatic heterocycles. The maximum atomic E-state index is 12.4. The second kappa shape index (κ2) is 7.65. The van der Waals surface area contributed by atoms with Crippen LogP contribution in [0, 0.1) is 0 Å². The summed E-state index contributed by atoms with van der Waals surface area (Å²) >= 11 is 11.9. The molecule has 1 unspecified atom stereocenters. The topological polar surface area (TPSA) is 49.4 Å². The van der Waals surface area contributed by atoms with Crippen molar-refractivity contribution in [1.82, 2.24) is 10.2 Å². The number of carbonyl (C=O) groups excluding carboxylic acids is 2. The molecular weight excluding hydrogens is 323 g/mol. The minimum absolute atomic E-state index is 0.118. The Morgan fingerprint density at radius 2 is 1.91 bits per heavy atom. The van der Waals surface area contributed by atoms with Gasteiger partial charge in [0.2, 0.25) is 11.8 Å². The number of nitrogens with one attached hydrogen (secondary N) is 1. The number of amides is 2. The van der Waals surface area contributed by atoms with Crippen LogP contribution in [0.1, 0.15) is 24.8 Å². The molecule has 0 spiro atoms. The third-order valence-corrected chi connectivity index (χ3v) is 4.07. The molecule has 1 aromatic rings. The number of hydrogen-bond donors (Lipinski definition) is 1. The quantitative estimate of drug-likeness (QED) is 0.859. The van der Waals surface area contributed by atoms with Gasteiger partial charge >= 0.3 is 0 Å². The highest BCUT2D eigenvalue weighted by Gasteiger charge is 2.30. The second-order valence-electron chi connectivity index (χ2n) is 5.19. The van der Waals surface area contributed by atoms with Crippen molar-refractivity contribution in [3.63, 3.8) is 0 Å². The van der Waals surface area contributed by atoms with Gasteiger partial charge in [-0.1, -0.05) is 23.2 Å². The Labute approximate surface area is 140 Å². The minimum atomic E-state index is -0.390. The van der Waals surface area contributed by atoms with Gasteiger partial charge in [-0.25, -0.2) is 0 Å². The summed E-state index contributed by atoms with van der Waals surface area (Å²) in [6.07, 6.45) is 5.69.